The Morgan fingerprint density at radius 2 is 1.63 bits per heavy atom. The van der Waals surface area contributed by atoms with Crippen LogP contribution in [0.1, 0.15) is 24.8 Å². The van der Waals surface area contributed by atoms with Crippen LogP contribution in [-0.4, -0.2) is 0 Å². The highest BCUT2D eigenvalue weighted by molar-refractivity contribution is 5.33. The first kappa shape index (κ1) is 12.2. The molecule has 1 radical (unpaired) electrons. The van der Waals surface area contributed by atoms with Crippen LogP contribution in [0.2, 0.25) is 0 Å². The lowest BCUT2D eigenvalue weighted by Crippen LogP contribution is -2.12. The minimum Gasteiger partial charge on any atom is -0.457 e. The molecule has 0 saturated heterocycles. The van der Waals surface area contributed by atoms with Gasteiger partial charge in [0.15, 0.2) is 0 Å². The maximum absolute atomic E-state index is 5.80. The molecule has 0 spiro atoms. The van der Waals surface area contributed by atoms with Crippen molar-refractivity contribution in [2.75, 3.05) is 0 Å². The molecule has 3 rings (SSSR count). The van der Waals surface area contributed by atoms with Gasteiger partial charge >= 0.3 is 0 Å². The van der Waals surface area contributed by atoms with E-state index >= 15 is 0 Å². The molecule has 0 bridgehead atoms. The van der Waals surface area contributed by atoms with Crippen molar-refractivity contribution < 1.29 is 9.47 Å². The Labute approximate surface area is 114 Å². The van der Waals surface area contributed by atoms with E-state index in [0.29, 0.717) is 6.61 Å². The summed E-state index contributed by atoms with van der Waals surface area (Å²) < 4.78 is 11.5. The summed E-state index contributed by atoms with van der Waals surface area (Å²) in [5.41, 5.74) is 1.15. The van der Waals surface area contributed by atoms with Crippen LogP contribution in [0.25, 0.3) is 0 Å². The Bertz CT molecular complexity index is 518. The van der Waals surface area contributed by atoms with Gasteiger partial charge in [0.05, 0.1) is 12.7 Å². The van der Waals surface area contributed by atoms with Gasteiger partial charge in [0, 0.05) is 0 Å². The normalized spacial score (nSPS) is 14.9. The van der Waals surface area contributed by atoms with Crippen LogP contribution in [-0.2, 0) is 11.3 Å². The zero-order chi connectivity index (χ0) is 12.9. The van der Waals surface area contributed by atoms with Crippen LogP contribution in [0.3, 0.4) is 0 Å². The number of hydrogen-bond acceptors (Lipinski definition) is 2. The molecule has 1 saturated carbocycles. The van der Waals surface area contributed by atoms with Gasteiger partial charge in [-0.25, -0.2) is 0 Å². The topological polar surface area (TPSA) is 18.5 Å². The lowest BCUT2D eigenvalue weighted by Gasteiger charge is -2.24. The number of para-hydroxylation sites is 1. The third-order valence-electron chi connectivity index (χ3n) is 3.23. The van der Waals surface area contributed by atoms with Crippen LogP contribution in [0, 0.1) is 6.10 Å². The average Bonchev–Trinajstić information content (AvgIpc) is 2.39. The standard InChI is InChI=1S/C17H17O2/c1-2-7-16(8-3-1)19-17-11-4-6-14(12-17)13-18-15-9-5-10-15/h1-4,6-8,11-12H,5,9-10,13H2. The second-order valence-electron chi connectivity index (χ2n) is 4.74. The smallest absolute Gasteiger partial charge is 0.127 e. The molecule has 2 nitrogen and oxygen atoms in total. The molecule has 19 heavy (non-hydrogen) atoms. The third kappa shape index (κ3) is 3.36. The minimum absolute atomic E-state index is 0.640. The van der Waals surface area contributed by atoms with Gasteiger partial charge in [0.25, 0.3) is 0 Å². The second-order valence-corrected chi connectivity index (χ2v) is 4.74. The fraction of sp³-hybridized carbons (Fsp3) is 0.235. The highest BCUT2D eigenvalue weighted by Crippen LogP contribution is 2.31. The van der Waals surface area contributed by atoms with Crippen molar-refractivity contribution >= 4 is 0 Å². The van der Waals surface area contributed by atoms with Crippen molar-refractivity contribution in [3.63, 3.8) is 0 Å². The maximum Gasteiger partial charge on any atom is 0.127 e. The highest BCUT2D eigenvalue weighted by atomic mass is 16.5. The molecule has 2 aromatic carbocycles. The van der Waals surface area contributed by atoms with Gasteiger partial charge < -0.3 is 9.47 Å². The van der Waals surface area contributed by atoms with Gasteiger partial charge in [-0.2, -0.15) is 0 Å². The molecular weight excluding hydrogens is 236 g/mol. The van der Waals surface area contributed by atoms with E-state index in [-0.39, 0.29) is 0 Å². The van der Waals surface area contributed by atoms with E-state index in [4.69, 9.17) is 9.47 Å². The van der Waals surface area contributed by atoms with Crippen molar-refractivity contribution in [2.24, 2.45) is 0 Å². The zero-order valence-electron chi connectivity index (χ0n) is 10.8. The van der Waals surface area contributed by atoms with E-state index in [1.165, 1.54) is 12.5 Å². The molecule has 97 valence electrons. The summed E-state index contributed by atoms with van der Waals surface area (Å²) in [6.45, 7) is 0.640. The first-order valence-corrected chi connectivity index (χ1v) is 6.69. The first-order chi connectivity index (χ1) is 9.40. The predicted octanol–water partition coefficient (Wildman–Crippen LogP) is 4.71. The van der Waals surface area contributed by atoms with E-state index in [9.17, 15) is 0 Å². The summed E-state index contributed by atoms with van der Waals surface area (Å²) in [5, 5.41) is 0. The molecule has 1 fully saturated rings. The van der Waals surface area contributed by atoms with E-state index in [2.05, 4.69) is 6.07 Å². The lowest BCUT2D eigenvalue weighted by atomic mass is 9.96. The molecule has 0 N–H and O–H groups in total. The van der Waals surface area contributed by atoms with E-state index in [0.717, 1.165) is 29.9 Å². The van der Waals surface area contributed by atoms with E-state index in [1.807, 2.05) is 48.5 Å². The van der Waals surface area contributed by atoms with Gasteiger partial charge in [-0.05, 0) is 49.1 Å². The molecular formula is C17H17O2. The first-order valence-electron chi connectivity index (χ1n) is 6.69. The zero-order valence-corrected chi connectivity index (χ0v) is 10.8. The Morgan fingerprint density at radius 3 is 2.37 bits per heavy atom. The van der Waals surface area contributed by atoms with E-state index in [1.54, 1.807) is 0 Å². The summed E-state index contributed by atoms with van der Waals surface area (Å²) >= 11 is 0. The van der Waals surface area contributed by atoms with Crippen molar-refractivity contribution in [3.8, 4) is 11.5 Å². The van der Waals surface area contributed by atoms with Crippen LogP contribution in [0.15, 0.2) is 54.6 Å². The SMILES string of the molecule is c1ccc(Oc2cccc(CO[C]3CCC3)c2)cc1. The van der Waals surface area contributed by atoms with E-state index < -0.39 is 0 Å². The molecule has 0 amide bonds. The van der Waals surface area contributed by atoms with Gasteiger partial charge in [-0.1, -0.05) is 30.3 Å². The average molecular weight is 253 g/mol. The molecule has 2 heteroatoms. The number of hydrogen-bond donors (Lipinski definition) is 0. The molecule has 0 aromatic heterocycles. The molecule has 1 aliphatic rings. The Balaban J connectivity index is 1.62. The number of rotatable bonds is 5. The summed E-state index contributed by atoms with van der Waals surface area (Å²) in [5.74, 6) is 1.71. The fourth-order valence-corrected chi connectivity index (χ4v) is 1.97. The van der Waals surface area contributed by atoms with Gasteiger partial charge in [-0.3, -0.25) is 0 Å². The molecule has 1 aliphatic carbocycles. The Hall–Kier alpha value is -1.80. The Morgan fingerprint density at radius 1 is 0.842 bits per heavy atom. The van der Waals surface area contributed by atoms with Crippen LogP contribution in [0.4, 0.5) is 0 Å². The van der Waals surface area contributed by atoms with Crippen molar-refractivity contribution in [1.29, 1.82) is 0 Å². The molecule has 0 heterocycles. The second kappa shape index (κ2) is 5.89. The molecule has 0 atom stereocenters. The highest BCUT2D eigenvalue weighted by Gasteiger charge is 2.19. The maximum atomic E-state index is 5.80. The third-order valence-corrected chi connectivity index (χ3v) is 3.23. The molecule has 0 aliphatic heterocycles. The predicted molar refractivity (Wildman–Crippen MR) is 74.8 cm³/mol. The van der Waals surface area contributed by atoms with Gasteiger partial charge in [0.2, 0.25) is 0 Å². The van der Waals surface area contributed by atoms with Crippen molar-refractivity contribution in [3.05, 3.63) is 66.3 Å². The molecule has 0 unspecified atom stereocenters. The summed E-state index contributed by atoms with van der Waals surface area (Å²) in [7, 11) is 0. The number of ether oxygens (including phenoxy) is 2. The minimum atomic E-state index is 0.640. The van der Waals surface area contributed by atoms with Crippen LogP contribution >= 0.6 is 0 Å². The number of benzene rings is 2. The van der Waals surface area contributed by atoms with Gasteiger partial charge in [0.1, 0.15) is 11.5 Å². The lowest BCUT2D eigenvalue weighted by molar-refractivity contribution is 0.0805. The Kier molecular flexibility index (Phi) is 3.80. The summed E-state index contributed by atoms with van der Waals surface area (Å²) in [6, 6.07) is 17.9. The van der Waals surface area contributed by atoms with Crippen LogP contribution < -0.4 is 4.74 Å². The van der Waals surface area contributed by atoms with Crippen molar-refractivity contribution in [2.45, 2.75) is 25.9 Å². The largest absolute Gasteiger partial charge is 0.457 e. The van der Waals surface area contributed by atoms with Gasteiger partial charge in [-0.15, -0.1) is 0 Å². The summed E-state index contributed by atoms with van der Waals surface area (Å²) in [6.07, 6.45) is 4.75. The monoisotopic (exact) mass is 253 g/mol. The van der Waals surface area contributed by atoms with Crippen LogP contribution in [0.5, 0.6) is 11.5 Å². The fourth-order valence-electron chi connectivity index (χ4n) is 1.97. The quantitative estimate of drug-likeness (QED) is 0.768. The molecule has 2 aromatic rings. The summed E-state index contributed by atoms with van der Waals surface area (Å²) in [4.78, 5) is 0. The van der Waals surface area contributed by atoms with Crippen molar-refractivity contribution in [1.82, 2.24) is 0 Å².